The highest BCUT2D eigenvalue weighted by atomic mass is 32.2. The van der Waals surface area contributed by atoms with Gasteiger partial charge in [-0.05, 0) is 43.5 Å². The first-order valence-corrected chi connectivity index (χ1v) is 9.85. The molecule has 0 unspecified atom stereocenters. The van der Waals surface area contributed by atoms with Crippen LogP contribution in [0.15, 0.2) is 47.4 Å². The molecule has 0 aromatic heterocycles. The minimum atomic E-state index is -3.46. The summed E-state index contributed by atoms with van der Waals surface area (Å²) in [7, 11) is -3.46. The molecule has 0 amide bonds. The van der Waals surface area contributed by atoms with Gasteiger partial charge in [0.25, 0.3) is 0 Å². The lowest BCUT2D eigenvalue weighted by molar-refractivity contribution is 0.101. The van der Waals surface area contributed by atoms with Crippen LogP contribution >= 0.6 is 11.8 Å². The Labute approximate surface area is 140 Å². The van der Waals surface area contributed by atoms with Crippen molar-refractivity contribution < 1.29 is 17.9 Å². The molecule has 2 rings (SSSR count). The minimum Gasteiger partial charge on any atom is -0.454 e. The molecule has 0 aliphatic rings. The summed E-state index contributed by atoms with van der Waals surface area (Å²) in [6, 6.07) is 12.0. The number of benzene rings is 2. The summed E-state index contributed by atoms with van der Waals surface area (Å²) in [6.07, 6.45) is 2.98. The van der Waals surface area contributed by atoms with Gasteiger partial charge in [0, 0.05) is 10.5 Å². The number of hydrogen-bond acceptors (Lipinski definition) is 5. The molecule has 0 atom stereocenters. The zero-order chi connectivity index (χ0) is 17.0. The third-order valence-electron chi connectivity index (χ3n) is 2.97. The van der Waals surface area contributed by atoms with Crippen LogP contribution in [0.2, 0.25) is 0 Å². The van der Waals surface area contributed by atoms with Gasteiger partial charge >= 0.3 is 0 Å². The number of anilines is 1. The smallest absolute Gasteiger partial charge is 0.229 e. The molecule has 0 heterocycles. The molecule has 0 radical (unpaired) electrons. The maximum absolute atomic E-state index is 11.6. The standard InChI is InChI=1S/C16H17NO4S2/c1-11(18)12-8-9-13(17-23(3,19)20)15(10-12)21-14-6-4-5-7-16(14)22-2/h4-10,17H,1-3H3. The van der Waals surface area contributed by atoms with Gasteiger partial charge in [0.05, 0.1) is 11.9 Å². The second kappa shape index (κ2) is 7.06. The maximum atomic E-state index is 11.6. The van der Waals surface area contributed by atoms with Crippen molar-refractivity contribution in [1.82, 2.24) is 0 Å². The number of thioether (sulfide) groups is 1. The number of ketones is 1. The van der Waals surface area contributed by atoms with E-state index in [-0.39, 0.29) is 17.2 Å². The molecule has 2 aromatic carbocycles. The Morgan fingerprint density at radius 2 is 1.83 bits per heavy atom. The Morgan fingerprint density at radius 3 is 2.43 bits per heavy atom. The zero-order valence-corrected chi connectivity index (χ0v) is 14.6. The van der Waals surface area contributed by atoms with Crippen molar-refractivity contribution in [1.29, 1.82) is 0 Å². The molecule has 0 saturated carbocycles. The Kier molecular flexibility index (Phi) is 5.33. The van der Waals surface area contributed by atoms with Crippen LogP contribution in [0.4, 0.5) is 5.69 Å². The van der Waals surface area contributed by atoms with Crippen molar-refractivity contribution in [2.75, 3.05) is 17.2 Å². The van der Waals surface area contributed by atoms with Crippen molar-refractivity contribution in [3.8, 4) is 11.5 Å². The van der Waals surface area contributed by atoms with Crippen LogP contribution in [0.5, 0.6) is 11.5 Å². The van der Waals surface area contributed by atoms with Gasteiger partial charge in [-0.1, -0.05) is 12.1 Å². The molecule has 122 valence electrons. The monoisotopic (exact) mass is 351 g/mol. The molecule has 0 fully saturated rings. The lowest BCUT2D eigenvalue weighted by atomic mass is 10.1. The van der Waals surface area contributed by atoms with E-state index in [1.54, 1.807) is 12.1 Å². The van der Waals surface area contributed by atoms with Crippen molar-refractivity contribution in [2.24, 2.45) is 0 Å². The average Bonchev–Trinajstić information content (AvgIpc) is 2.48. The molecule has 7 heteroatoms. The largest absolute Gasteiger partial charge is 0.454 e. The Morgan fingerprint density at radius 1 is 1.13 bits per heavy atom. The number of sulfonamides is 1. The van der Waals surface area contributed by atoms with E-state index in [1.807, 2.05) is 24.5 Å². The fraction of sp³-hybridized carbons (Fsp3) is 0.188. The van der Waals surface area contributed by atoms with Gasteiger partial charge < -0.3 is 4.74 Å². The Hall–Kier alpha value is -1.99. The highest BCUT2D eigenvalue weighted by Gasteiger charge is 2.13. The van der Waals surface area contributed by atoms with Gasteiger partial charge in [-0.2, -0.15) is 0 Å². The number of para-hydroxylation sites is 1. The molecule has 1 N–H and O–H groups in total. The van der Waals surface area contributed by atoms with Gasteiger partial charge in [-0.3, -0.25) is 9.52 Å². The fourth-order valence-corrected chi connectivity index (χ4v) is 3.03. The van der Waals surface area contributed by atoms with Crippen LogP contribution in [0, 0.1) is 0 Å². The van der Waals surface area contributed by atoms with Crippen LogP contribution in [0.1, 0.15) is 17.3 Å². The summed E-state index contributed by atoms with van der Waals surface area (Å²) in [5.41, 5.74) is 0.731. The lowest BCUT2D eigenvalue weighted by Gasteiger charge is -2.14. The van der Waals surface area contributed by atoms with E-state index in [1.165, 1.54) is 30.8 Å². The first-order valence-electron chi connectivity index (χ1n) is 6.74. The Balaban J connectivity index is 2.48. The van der Waals surface area contributed by atoms with E-state index in [2.05, 4.69) is 4.72 Å². The first kappa shape index (κ1) is 17.4. The molecule has 5 nitrogen and oxygen atoms in total. The summed E-state index contributed by atoms with van der Waals surface area (Å²) in [4.78, 5) is 12.5. The third-order valence-corrected chi connectivity index (χ3v) is 4.34. The van der Waals surface area contributed by atoms with E-state index < -0.39 is 10.0 Å². The Bertz CT molecular complexity index is 832. The molecule has 0 saturated heterocycles. The van der Waals surface area contributed by atoms with Crippen LogP contribution in [0.25, 0.3) is 0 Å². The number of ether oxygens (including phenoxy) is 1. The van der Waals surface area contributed by atoms with E-state index >= 15 is 0 Å². The molecular formula is C16H17NO4S2. The summed E-state index contributed by atoms with van der Waals surface area (Å²) in [5.74, 6) is 0.751. The zero-order valence-electron chi connectivity index (χ0n) is 13.0. The second-order valence-corrected chi connectivity index (χ2v) is 7.49. The van der Waals surface area contributed by atoms with Crippen LogP contribution in [0.3, 0.4) is 0 Å². The number of carbonyl (C=O) groups excluding carboxylic acids is 1. The molecular weight excluding hydrogens is 334 g/mol. The van der Waals surface area contributed by atoms with Crippen LogP contribution in [-0.4, -0.2) is 26.7 Å². The lowest BCUT2D eigenvalue weighted by Crippen LogP contribution is -2.11. The van der Waals surface area contributed by atoms with Gasteiger partial charge in [-0.15, -0.1) is 11.8 Å². The molecule has 0 bridgehead atoms. The van der Waals surface area contributed by atoms with E-state index in [4.69, 9.17) is 4.74 Å². The highest BCUT2D eigenvalue weighted by molar-refractivity contribution is 7.98. The van der Waals surface area contributed by atoms with Crippen molar-refractivity contribution in [3.63, 3.8) is 0 Å². The number of nitrogens with one attached hydrogen (secondary N) is 1. The van der Waals surface area contributed by atoms with E-state index in [0.717, 1.165) is 11.2 Å². The number of rotatable bonds is 6. The predicted molar refractivity (Wildman–Crippen MR) is 93.2 cm³/mol. The van der Waals surface area contributed by atoms with Gasteiger partial charge in [0.1, 0.15) is 5.75 Å². The van der Waals surface area contributed by atoms with Gasteiger partial charge in [0.2, 0.25) is 10.0 Å². The number of hydrogen-bond donors (Lipinski definition) is 1. The van der Waals surface area contributed by atoms with Crippen LogP contribution < -0.4 is 9.46 Å². The molecule has 0 aliphatic carbocycles. The average molecular weight is 351 g/mol. The third kappa shape index (κ3) is 4.74. The van der Waals surface area contributed by atoms with Crippen molar-refractivity contribution in [2.45, 2.75) is 11.8 Å². The minimum absolute atomic E-state index is 0.126. The van der Waals surface area contributed by atoms with Crippen molar-refractivity contribution >= 4 is 33.3 Å². The first-order chi connectivity index (χ1) is 10.8. The molecule has 0 spiro atoms. The number of carbonyl (C=O) groups is 1. The van der Waals surface area contributed by atoms with E-state index in [0.29, 0.717) is 11.3 Å². The summed E-state index contributed by atoms with van der Waals surface area (Å²) >= 11 is 1.51. The predicted octanol–water partition coefficient (Wildman–Crippen LogP) is 3.77. The quantitative estimate of drug-likeness (QED) is 0.633. The topological polar surface area (TPSA) is 72.5 Å². The van der Waals surface area contributed by atoms with Gasteiger partial charge in [0.15, 0.2) is 11.5 Å². The molecule has 23 heavy (non-hydrogen) atoms. The molecule has 0 aliphatic heterocycles. The highest BCUT2D eigenvalue weighted by Crippen LogP contribution is 2.35. The van der Waals surface area contributed by atoms with Crippen molar-refractivity contribution in [3.05, 3.63) is 48.0 Å². The number of Topliss-reactive ketones (excluding diaryl/α,β-unsaturated/α-hetero) is 1. The summed E-state index contributed by atoms with van der Waals surface area (Å²) < 4.78 is 31.3. The summed E-state index contributed by atoms with van der Waals surface area (Å²) in [6.45, 7) is 1.44. The van der Waals surface area contributed by atoms with E-state index in [9.17, 15) is 13.2 Å². The second-order valence-electron chi connectivity index (χ2n) is 4.89. The molecule has 2 aromatic rings. The maximum Gasteiger partial charge on any atom is 0.229 e. The SMILES string of the molecule is CSc1ccccc1Oc1cc(C(C)=O)ccc1NS(C)(=O)=O. The van der Waals surface area contributed by atoms with Crippen LogP contribution in [-0.2, 0) is 10.0 Å². The normalized spacial score (nSPS) is 11.1. The van der Waals surface area contributed by atoms with Gasteiger partial charge in [-0.25, -0.2) is 8.42 Å². The fourth-order valence-electron chi connectivity index (χ4n) is 1.93. The summed E-state index contributed by atoms with van der Waals surface area (Å²) in [5, 5.41) is 0.